The molecule has 1 rings (SSSR count). The number of rotatable bonds is 9. The van der Waals surface area contributed by atoms with Gasteiger partial charge in [-0.3, -0.25) is 9.88 Å². The van der Waals surface area contributed by atoms with Gasteiger partial charge in [-0.1, -0.05) is 20.8 Å². The Balaban J connectivity index is 2.35. The predicted octanol–water partition coefficient (Wildman–Crippen LogP) is 2.22. The summed E-state index contributed by atoms with van der Waals surface area (Å²) in [6, 6.07) is 3.94. The largest absolute Gasteiger partial charge is 0.397 e. The third-order valence-corrected chi connectivity index (χ3v) is 3.52. The zero-order valence-corrected chi connectivity index (χ0v) is 12.6. The molecule has 0 unspecified atom stereocenters. The highest BCUT2D eigenvalue weighted by Gasteiger charge is 2.06. The van der Waals surface area contributed by atoms with Gasteiger partial charge in [0.1, 0.15) is 0 Å². The van der Waals surface area contributed by atoms with Crippen LogP contribution < -0.4 is 5.73 Å². The minimum atomic E-state index is 0.730. The Morgan fingerprint density at radius 1 is 1.00 bits per heavy atom. The number of aromatic nitrogens is 1. The van der Waals surface area contributed by atoms with Gasteiger partial charge in [-0.15, -0.1) is 0 Å². The van der Waals surface area contributed by atoms with E-state index < -0.39 is 0 Å². The molecule has 1 aromatic rings. The van der Waals surface area contributed by atoms with Gasteiger partial charge in [-0.2, -0.15) is 0 Å². The summed E-state index contributed by atoms with van der Waals surface area (Å²) in [6.07, 6.45) is 2.95. The van der Waals surface area contributed by atoms with Gasteiger partial charge in [0.05, 0.1) is 17.6 Å². The Labute approximate surface area is 117 Å². The SMILES string of the molecule is CCN(CC)CCCN(CC)Cc1ccc(N)cn1. The average Bonchev–Trinajstić information content (AvgIpc) is 2.44. The second kappa shape index (κ2) is 8.88. The van der Waals surface area contributed by atoms with E-state index >= 15 is 0 Å². The molecule has 4 heteroatoms. The topological polar surface area (TPSA) is 45.4 Å². The van der Waals surface area contributed by atoms with Crippen LogP contribution in [-0.2, 0) is 6.54 Å². The molecule has 2 N–H and O–H groups in total. The summed E-state index contributed by atoms with van der Waals surface area (Å²) in [6.45, 7) is 13.2. The molecule has 0 amide bonds. The first kappa shape index (κ1) is 15.9. The Morgan fingerprint density at radius 2 is 1.63 bits per heavy atom. The fourth-order valence-corrected chi connectivity index (χ4v) is 2.17. The van der Waals surface area contributed by atoms with Gasteiger partial charge in [0, 0.05) is 6.54 Å². The maximum Gasteiger partial charge on any atom is 0.0545 e. The van der Waals surface area contributed by atoms with Crippen molar-refractivity contribution in [1.82, 2.24) is 14.8 Å². The van der Waals surface area contributed by atoms with Crippen LogP contribution in [0, 0.1) is 0 Å². The number of anilines is 1. The summed E-state index contributed by atoms with van der Waals surface area (Å²) < 4.78 is 0. The molecule has 0 aliphatic rings. The lowest BCUT2D eigenvalue weighted by atomic mass is 10.3. The zero-order valence-electron chi connectivity index (χ0n) is 12.6. The molecule has 1 heterocycles. The lowest BCUT2D eigenvalue weighted by molar-refractivity contribution is 0.237. The van der Waals surface area contributed by atoms with E-state index in [9.17, 15) is 0 Å². The molecule has 4 nitrogen and oxygen atoms in total. The first-order chi connectivity index (χ1) is 9.19. The fraction of sp³-hybridized carbons (Fsp3) is 0.667. The van der Waals surface area contributed by atoms with E-state index in [-0.39, 0.29) is 0 Å². The maximum absolute atomic E-state index is 5.65. The van der Waals surface area contributed by atoms with E-state index in [1.165, 1.54) is 13.0 Å². The third kappa shape index (κ3) is 6.03. The molecule has 0 atom stereocenters. The first-order valence-electron chi connectivity index (χ1n) is 7.34. The highest BCUT2D eigenvalue weighted by molar-refractivity contribution is 5.34. The van der Waals surface area contributed by atoms with Gasteiger partial charge in [-0.25, -0.2) is 0 Å². The molecule has 19 heavy (non-hydrogen) atoms. The van der Waals surface area contributed by atoms with Crippen LogP contribution in [0.2, 0.25) is 0 Å². The maximum atomic E-state index is 5.65. The molecule has 0 aliphatic heterocycles. The average molecular weight is 264 g/mol. The van der Waals surface area contributed by atoms with Crippen molar-refractivity contribution in [3.8, 4) is 0 Å². The monoisotopic (exact) mass is 264 g/mol. The van der Waals surface area contributed by atoms with Crippen LogP contribution >= 0.6 is 0 Å². The van der Waals surface area contributed by atoms with Crippen molar-refractivity contribution in [2.24, 2.45) is 0 Å². The Kier molecular flexibility index (Phi) is 7.45. The summed E-state index contributed by atoms with van der Waals surface area (Å²) >= 11 is 0. The van der Waals surface area contributed by atoms with Gasteiger partial charge >= 0.3 is 0 Å². The van der Waals surface area contributed by atoms with Crippen molar-refractivity contribution < 1.29 is 0 Å². The number of pyridine rings is 1. The Hall–Kier alpha value is -1.13. The molecule has 108 valence electrons. The molecule has 0 saturated heterocycles. The quantitative estimate of drug-likeness (QED) is 0.743. The fourth-order valence-electron chi connectivity index (χ4n) is 2.17. The molecule has 0 fully saturated rings. The van der Waals surface area contributed by atoms with Crippen molar-refractivity contribution >= 4 is 5.69 Å². The lowest BCUT2D eigenvalue weighted by Crippen LogP contribution is -2.30. The highest BCUT2D eigenvalue weighted by atomic mass is 15.1. The lowest BCUT2D eigenvalue weighted by Gasteiger charge is -2.23. The minimum Gasteiger partial charge on any atom is -0.397 e. The Morgan fingerprint density at radius 3 is 2.16 bits per heavy atom. The van der Waals surface area contributed by atoms with Crippen LogP contribution in [0.3, 0.4) is 0 Å². The van der Waals surface area contributed by atoms with Crippen LogP contribution in [0.15, 0.2) is 18.3 Å². The molecule has 0 aliphatic carbocycles. The number of nitrogens with zero attached hydrogens (tertiary/aromatic N) is 3. The van der Waals surface area contributed by atoms with Crippen LogP contribution in [0.25, 0.3) is 0 Å². The van der Waals surface area contributed by atoms with Gasteiger partial charge in [0.2, 0.25) is 0 Å². The molecule has 0 aromatic carbocycles. The van der Waals surface area contributed by atoms with E-state index in [1.54, 1.807) is 6.20 Å². The van der Waals surface area contributed by atoms with E-state index in [4.69, 9.17) is 5.73 Å². The van der Waals surface area contributed by atoms with Crippen molar-refractivity contribution in [3.05, 3.63) is 24.0 Å². The molecule has 0 bridgehead atoms. The third-order valence-electron chi connectivity index (χ3n) is 3.52. The van der Waals surface area contributed by atoms with Gasteiger partial charge in [0.25, 0.3) is 0 Å². The van der Waals surface area contributed by atoms with E-state index in [1.807, 2.05) is 12.1 Å². The number of nitrogen functional groups attached to an aromatic ring is 1. The molecule has 0 radical (unpaired) electrons. The van der Waals surface area contributed by atoms with Gasteiger partial charge in [-0.05, 0) is 51.3 Å². The second-order valence-corrected chi connectivity index (χ2v) is 4.83. The summed E-state index contributed by atoms with van der Waals surface area (Å²) in [4.78, 5) is 9.26. The van der Waals surface area contributed by atoms with Crippen molar-refractivity contribution in [2.75, 3.05) is 38.5 Å². The van der Waals surface area contributed by atoms with Crippen LogP contribution in [0.5, 0.6) is 0 Å². The normalized spacial score (nSPS) is 11.4. The minimum absolute atomic E-state index is 0.730. The number of hydrogen-bond donors (Lipinski definition) is 1. The van der Waals surface area contributed by atoms with Gasteiger partial charge < -0.3 is 10.6 Å². The smallest absolute Gasteiger partial charge is 0.0545 e. The predicted molar refractivity (Wildman–Crippen MR) is 82.0 cm³/mol. The van der Waals surface area contributed by atoms with Crippen molar-refractivity contribution in [1.29, 1.82) is 0 Å². The van der Waals surface area contributed by atoms with E-state index in [2.05, 4.69) is 35.6 Å². The summed E-state index contributed by atoms with van der Waals surface area (Å²) in [7, 11) is 0. The Bertz CT molecular complexity index is 333. The van der Waals surface area contributed by atoms with E-state index in [0.717, 1.165) is 44.1 Å². The molecule has 0 saturated carbocycles. The van der Waals surface area contributed by atoms with Crippen LogP contribution in [-0.4, -0.2) is 47.5 Å². The van der Waals surface area contributed by atoms with Crippen LogP contribution in [0.1, 0.15) is 32.9 Å². The standard InChI is InChI=1S/C15H28N4/c1-4-18(5-2)10-7-11-19(6-3)13-15-9-8-14(16)12-17-15/h8-9,12H,4-7,10-11,13,16H2,1-3H3. The summed E-state index contributed by atoms with van der Waals surface area (Å²) in [5.74, 6) is 0. The number of hydrogen-bond acceptors (Lipinski definition) is 4. The summed E-state index contributed by atoms with van der Waals surface area (Å²) in [5.41, 5.74) is 7.48. The zero-order chi connectivity index (χ0) is 14.1. The second-order valence-electron chi connectivity index (χ2n) is 4.83. The highest BCUT2D eigenvalue weighted by Crippen LogP contribution is 2.05. The van der Waals surface area contributed by atoms with Crippen molar-refractivity contribution in [3.63, 3.8) is 0 Å². The molecule has 1 aromatic heterocycles. The van der Waals surface area contributed by atoms with Gasteiger partial charge in [0.15, 0.2) is 0 Å². The first-order valence-corrected chi connectivity index (χ1v) is 7.34. The van der Waals surface area contributed by atoms with Crippen LogP contribution in [0.4, 0.5) is 5.69 Å². The molecular formula is C15H28N4. The van der Waals surface area contributed by atoms with E-state index in [0.29, 0.717) is 0 Å². The van der Waals surface area contributed by atoms with Crippen molar-refractivity contribution in [2.45, 2.75) is 33.7 Å². The molecule has 0 spiro atoms. The molecular weight excluding hydrogens is 236 g/mol. The number of nitrogens with two attached hydrogens (primary N) is 1. The summed E-state index contributed by atoms with van der Waals surface area (Å²) in [5, 5.41) is 0.